The summed E-state index contributed by atoms with van der Waals surface area (Å²) in [5, 5.41) is 3.26. The smallest absolute Gasteiger partial charge is 0.416 e. The van der Waals surface area contributed by atoms with Crippen LogP contribution in [-0.4, -0.2) is 30.1 Å². The molecule has 162 valence electrons. The molecule has 2 aromatic carbocycles. The van der Waals surface area contributed by atoms with Crippen molar-refractivity contribution in [1.29, 1.82) is 0 Å². The van der Waals surface area contributed by atoms with E-state index in [1.165, 1.54) is 12.1 Å². The average molecular weight is 432 g/mol. The van der Waals surface area contributed by atoms with Gasteiger partial charge in [-0.2, -0.15) is 13.2 Å². The van der Waals surface area contributed by atoms with Crippen LogP contribution in [0.25, 0.3) is 10.9 Å². The molecule has 0 unspecified atom stereocenters. The van der Waals surface area contributed by atoms with Crippen LogP contribution in [0.1, 0.15) is 40.1 Å². The third-order valence-electron chi connectivity index (χ3n) is 4.37. The molecule has 1 heterocycles. The number of alkyl halides is 3. The highest BCUT2D eigenvalue weighted by atomic mass is 19.4. The monoisotopic (exact) mass is 432 g/mol. The molecule has 1 aromatic heterocycles. The molecule has 0 saturated heterocycles. The van der Waals surface area contributed by atoms with E-state index in [0.29, 0.717) is 5.69 Å². The zero-order chi connectivity index (χ0) is 22.6. The lowest BCUT2D eigenvalue weighted by Gasteiger charge is -2.17. The van der Waals surface area contributed by atoms with E-state index in [0.717, 1.165) is 18.3 Å². The van der Waals surface area contributed by atoms with Gasteiger partial charge in [-0.15, -0.1) is 0 Å². The van der Waals surface area contributed by atoms with Crippen LogP contribution in [0.15, 0.2) is 48.7 Å². The first-order valence-corrected chi connectivity index (χ1v) is 9.46. The number of nitrogens with zero attached hydrogens (tertiary/aromatic N) is 1. The highest BCUT2D eigenvalue weighted by Gasteiger charge is 2.31. The Morgan fingerprint density at radius 3 is 2.26 bits per heavy atom. The van der Waals surface area contributed by atoms with Crippen LogP contribution in [-0.2, 0) is 15.7 Å². The molecule has 0 bridgehead atoms. The molecule has 0 atom stereocenters. The summed E-state index contributed by atoms with van der Waals surface area (Å²) in [7, 11) is 0. The molecule has 0 amide bonds. The number of pyridine rings is 1. The van der Waals surface area contributed by atoms with Crippen molar-refractivity contribution < 1.29 is 32.2 Å². The average Bonchev–Trinajstić information content (AvgIpc) is 2.73. The number of esters is 2. The molecule has 9 heteroatoms. The number of carbonyl (C=O) groups excluding carboxylic acids is 2. The van der Waals surface area contributed by atoms with Crippen LogP contribution in [0.4, 0.5) is 24.5 Å². The SMILES string of the molecule is CCOC(=O)c1ccccc1Nc1c(C(=O)OCC)cnc2cc(C(F)(F)F)ccc12. The molecule has 0 aliphatic heterocycles. The number of fused-ring (bicyclic) bond motifs is 1. The second-order valence-electron chi connectivity index (χ2n) is 6.39. The van der Waals surface area contributed by atoms with Gasteiger partial charge in [0.1, 0.15) is 5.56 Å². The molecule has 31 heavy (non-hydrogen) atoms. The van der Waals surface area contributed by atoms with Crippen LogP contribution in [0.3, 0.4) is 0 Å². The zero-order valence-corrected chi connectivity index (χ0v) is 16.7. The van der Waals surface area contributed by atoms with Crippen molar-refractivity contribution in [2.75, 3.05) is 18.5 Å². The maximum absolute atomic E-state index is 13.1. The Hall–Kier alpha value is -3.62. The highest BCUT2D eigenvalue weighted by molar-refractivity contribution is 6.07. The van der Waals surface area contributed by atoms with Crippen molar-refractivity contribution in [2.45, 2.75) is 20.0 Å². The van der Waals surface area contributed by atoms with Crippen molar-refractivity contribution in [2.24, 2.45) is 0 Å². The maximum Gasteiger partial charge on any atom is 0.416 e. The number of carbonyl (C=O) groups is 2. The second kappa shape index (κ2) is 9.03. The van der Waals surface area contributed by atoms with E-state index in [2.05, 4.69) is 10.3 Å². The van der Waals surface area contributed by atoms with Crippen molar-refractivity contribution in [1.82, 2.24) is 4.98 Å². The molecule has 3 aromatic rings. The van der Waals surface area contributed by atoms with Crippen LogP contribution in [0, 0.1) is 0 Å². The molecule has 0 aliphatic carbocycles. The van der Waals surface area contributed by atoms with E-state index in [1.807, 2.05) is 0 Å². The number of ether oxygens (including phenoxy) is 2. The van der Waals surface area contributed by atoms with Crippen LogP contribution < -0.4 is 5.32 Å². The summed E-state index contributed by atoms with van der Waals surface area (Å²) in [6.45, 7) is 3.56. The maximum atomic E-state index is 13.1. The van der Waals surface area contributed by atoms with E-state index in [1.54, 1.807) is 32.0 Å². The van der Waals surface area contributed by atoms with Gasteiger partial charge < -0.3 is 14.8 Å². The molecule has 1 N–H and O–H groups in total. The zero-order valence-electron chi connectivity index (χ0n) is 16.7. The number of hydrogen-bond donors (Lipinski definition) is 1. The molecule has 0 fully saturated rings. The standard InChI is InChI=1S/C22H19F3N2O4/c1-3-30-20(28)15-7-5-6-8-17(15)27-19-14-10-9-13(22(23,24)25)11-18(14)26-12-16(19)21(29)31-4-2/h5-12H,3-4H2,1-2H3,(H,26,27). The molecule has 3 rings (SSSR count). The van der Waals surface area contributed by atoms with Gasteiger partial charge in [-0.25, -0.2) is 9.59 Å². The molecule has 0 saturated carbocycles. The summed E-state index contributed by atoms with van der Waals surface area (Å²) in [5.74, 6) is -1.28. The topological polar surface area (TPSA) is 77.5 Å². The number of halogens is 3. The minimum absolute atomic E-state index is 0.0211. The quantitative estimate of drug-likeness (QED) is 0.529. The number of hydrogen-bond acceptors (Lipinski definition) is 6. The van der Waals surface area contributed by atoms with Crippen LogP contribution >= 0.6 is 0 Å². The molecular weight excluding hydrogens is 413 g/mol. The Balaban J connectivity index is 2.18. The number of anilines is 2. The first-order valence-electron chi connectivity index (χ1n) is 9.46. The summed E-state index contributed by atoms with van der Waals surface area (Å²) in [5.41, 5.74) is -0.120. The van der Waals surface area contributed by atoms with Crippen molar-refractivity contribution in [3.63, 3.8) is 0 Å². The van der Waals surface area contributed by atoms with Gasteiger partial charge in [0.25, 0.3) is 0 Å². The summed E-state index contributed by atoms with van der Waals surface area (Å²) in [4.78, 5) is 28.8. The summed E-state index contributed by atoms with van der Waals surface area (Å²) in [6, 6.07) is 9.47. The largest absolute Gasteiger partial charge is 0.462 e. The minimum atomic E-state index is -4.54. The third-order valence-corrected chi connectivity index (χ3v) is 4.37. The fraction of sp³-hybridized carbons (Fsp3) is 0.227. The highest BCUT2D eigenvalue weighted by Crippen LogP contribution is 2.35. The molecule has 0 aliphatic rings. The fourth-order valence-electron chi connectivity index (χ4n) is 2.98. The Morgan fingerprint density at radius 1 is 0.968 bits per heavy atom. The predicted octanol–water partition coefficient (Wildman–Crippen LogP) is 5.35. The third kappa shape index (κ3) is 4.76. The van der Waals surface area contributed by atoms with Gasteiger partial charge in [0.2, 0.25) is 0 Å². The molecular formula is C22H19F3N2O4. The number of rotatable bonds is 6. The summed E-state index contributed by atoms with van der Waals surface area (Å²) < 4.78 is 49.5. The molecule has 0 radical (unpaired) electrons. The van der Waals surface area contributed by atoms with Gasteiger partial charge >= 0.3 is 18.1 Å². The van der Waals surface area contributed by atoms with E-state index in [-0.39, 0.29) is 40.9 Å². The fourth-order valence-corrected chi connectivity index (χ4v) is 2.98. The van der Waals surface area contributed by atoms with Gasteiger partial charge in [0.15, 0.2) is 0 Å². The van der Waals surface area contributed by atoms with E-state index >= 15 is 0 Å². The molecule has 6 nitrogen and oxygen atoms in total. The molecule has 0 spiro atoms. The number of benzene rings is 2. The van der Waals surface area contributed by atoms with Crippen molar-refractivity contribution in [3.05, 3.63) is 65.4 Å². The number of para-hydroxylation sites is 1. The second-order valence-corrected chi connectivity index (χ2v) is 6.39. The first-order chi connectivity index (χ1) is 14.8. The Bertz CT molecular complexity index is 1130. The number of nitrogens with one attached hydrogen (secondary N) is 1. The van der Waals surface area contributed by atoms with Gasteiger partial charge in [0, 0.05) is 11.6 Å². The predicted molar refractivity (Wildman–Crippen MR) is 108 cm³/mol. The van der Waals surface area contributed by atoms with E-state index < -0.39 is 23.7 Å². The van der Waals surface area contributed by atoms with Crippen LogP contribution in [0.5, 0.6) is 0 Å². The lowest BCUT2D eigenvalue weighted by Crippen LogP contribution is -2.12. The van der Waals surface area contributed by atoms with Crippen molar-refractivity contribution >= 4 is 34.2 Å². The van der Waals surface area contributed by atoms with Crippen molar-refractivity contribution in [3.8, 4) is 0 Å². The van der Waals surface area contributed by atoms with E-state index in [4.69, 9.17) is 9.47 Å². The Morgan fingerprint density at radius 2 is 1.61 bits per heavy atom. The van der Waals surface area contributed by atoms with Gasteiger partial charge in [-0.05, 0) is 38.1 Å². The lowest BCUT2D eigenvalue weighted by molar-refractivity contribution is -0.137. The lowest BCUT2D eigenvalue weighted by atomic mass is 10.1. The van der Waals surface area contributed by atoms with E-state index in [9.17, 15) is 22.8 Å². The van der Waals surface area contributed by atoms with Gasteiger partial charge in [-0.3, -0.25) is 4.98 Å². The number of aromatic nitrogens is 1. The van der Waals surface area contributed by atoms with Gasteiger partial charge in [-0.1, -0.05) is 18.2 Å². The first kappa shape index (κ1) is 22.1. The summed E-state index contributed by atoms with van der Waals surface area (Å²) in [6.07, 6.45) is -3.39. The summed E-state index contributed by atoms with van der Waals surface area (Å²) >= 11 is 0. The van der Waals surface area contributed by atoms with Crippen LogP contribution in [0.2, 0.25) is 0 Å². The minimum Gasteiger partial charge on any atom is -0.462 e. The normalized spacial score (nSPS) is 11.3. The Kier molecular flexibility index (Phi) is 6.43. The Labute approximate surface area is 176 Å². The van der Waals surface area contributed by atoms with Gasteiger partial charge in [0.05, 0.1) is 41.2 Å².